The molecule has 0 fully saturated rings. The lowest BCUT2D eigenvalue weighted by Gasteiger charge is -2.29. The van der Waals surface area contributed by atoms with Gasteiger partial charge in [0, 0.05) is 29.2 Å². The summed E-state index contributed by atoms with van der Waals surface area (Å²) < 4.78 is 42.5. The molecule has 0 saturated heterocycles. The molecule has 29 heavy (non-hydrogen) atoms. The number of amides is 1. The number of anilines is 2. The Hall–Kier alpha value is -2.85. The predicted octanol–water partition coefficient (Wildman–Crippen LogP) is 3.31. The van der Waals surface area contributed by atoms with Gasteiger partial charge in [-0.2, -0.15) is 9.36 Å². The van der Waals surface area contributed by atoms with Crippen molar-refractivity contribution in [1.29, 1.82) is 0 Å². The Morgan fingerprint density at radius 2 is 1.97 bits per heavy atom. The number of aromatic nitrogens is 2. The molecule has 7 nitrogen and oxygen atoms in total. The Bertz CT molecular complexity index is 1180. The fourth-order valence-electron chi connectivity index (χ4n) is 3.21. The molecule has 1 aliphatic rings. The van der Waals surface area contributed by atoms with Gasteiger partial charge in [-0.05, 0) is 60.9 Å². The molecule has 10 heteroatoms. The van der Waals surface area contributed by atoms with E-state index in [4.69, 9.17) is 0 Å². The van der Waals surface area contributed by atoms with E-state index in [1.807, 2.05) is 0 Å². The van der Waals surface area contributed by atoms with Crippen LogP contribution in [0.25, 0.3) is 11.4 Å². The number of nitrogens with one attached hydrogen (secondary N) is 1. The van der Waals surface area contributed by atoms with Crippen molar-refractivity contribution in [3.05, 3.63) is 59.4 Å². The predicted molar refractivity (Wildman–Crippen MR) is 110 cm³/mol. The normalized spacial score (nSPS) is 13.8. The minimum Gasteiger partial charge on any atom is -0.297 e. The van der Waals surface area contributed by atoms with E-state index in [2.05, 4.69) is 14.7 Å². The van der Waals surface area contributed by atoms with Gasteiger partial charge in [-0.3, -0.25) is 14.4 Å². The number of fused-ring (bicyclic) bond motifs is 1. The molecule has 1 amide bonds. The Morgan fingerprint density at radius 1 is 1.21 bits per heavy atom. The maximum Gasteiger partial charge on any atom is 0.257 e. The fourth-order valence-corrected chi connectivity index (χ4v) is 4.79. The second-order valence-electron chi connectivity index (χ2n) is 6.67. The molecule has 0 bridgehead atoms. The Morgan fingerprint density at radius 3 is 2.69 bits per heavy atom. The molecule has 1 N–H and O–H groups in total. The minimum absolute atomic E-state index is 0.324. The smallest absolute Gasteiger partial charge is 0.257 e. The number of hydrogen-bond donors (Lipinski definition) is 1. The summed E-state index contributed by atoms with van der Waals surface area (Å²) in [6.45, 7) is 0.439. The number of halogens is 1. The minimum atomic E-state index is -3.35. The first-order chi connectivity index (χ1) is 13.8. The molecule has 0 saturated carbocycles. The van der Waals surface area contributed by atoms with Crippen molar-refractivity contribution in [2.75, 3.05) is 22.4 Å². The maximum absolute atomic E-state index is 13.0. The lowest BCUT2D eigenvalue weighted by Crippen LogP contribution is -2.34. The Balaban J connectivity index is 1.53. The molecule has 0 atom stereocenters. The second-order valence-corrected chi connectivity index (χ2v) is 9.32. The highest BCUT2D eigenvalue weighted by molar-refractivity contribution is 7.92. The molecular formula is C19H17FN4O3S2. The molecule has 0 unspecified atom stereocenters. The summed E-state index contributed by atoms with van der Waals surface area (Å²) in [5.74, 6) is -0.301. The molecular weight excluding hydrogens is 415 g/mol. The number of sulfonamides is 1. The van der Waals surface area contributed by atoms with Crippen LogP contribution in [0.1, 0.15) is 22.3 Å². The van der Waals surface area contributed by atoms with Crippen molar-refractivity contribution in [3.63, 3.8) is 0 Å². The van der Waals surface area contributed by atoms with E-state index < -0.39 is 10.0 Å². The molecule has 2 heterocycles. The van der Waals surface area contributed by atoms with Gasteiger partial charge >= 0.3 is 0 Å². The van der Waals surface area contributed by atoms with Gasteiger partial charge in [0.25, 0.3) is 5.91 Å². The summed E-state index contributed by atoms with van der Waals surface area (Å²) in [4.78, 5) is 16.9. The molecule has 0 spiro atoms. The molecule has 0 radical (unpaired) electrons. The number of carbonyl (C=O) groups excluding carboxylic acids is 1. The first-order valence-electron chi connectivity index (χ1n) is 8.83. The summed E-state index contributed by atoms with van der Waals surface area (Å²) in [7, 11) is -3.35. The zero-order chi connectivity index (χ0) is 20.6. The summed E-state index contributed by atoms with van der Waals surface area (Å²) in [6, 6.07) is 10.8. The molecule has 2 aromatic carbocycles. The van der Waals surface area contributed by atoms with Gasteiger partial charge in [-0.1, -0.05) is 0 Å². The zero-order valence-electron chi connectivity index (χ0n) is 15.4. The van der Waals surface area contributed by atoms with Gasteiger partial charge in [-0.25, -0.2) is 12.8 Å². The van der Waals surface area contributed by atoms with Gasteiger partial charge < -0.3 is 0 Å². The Labute approximate surface area is 171 Å². The van der Waals surface area contributed by atoms with Crippen molar-refractivity contribution in [3.8, 4) is 11.4 Å². The summed E-state index contributed by atoms with van der Waals surface area (Å²) in [5, 5.41) is 3.03. The number of nitrogens with zero attached hydrogens (tertiary/aromatic N) is 3. The summed E-state index contributed by atoms with van der Waals surface area (Å²) in [5.41, 5.74) is 2.50. The summed E-state index contributed by atoms with van der Waals surface area (Å²) >= 11 is 1.03. The number of benzene rings is 2. The van der Waals surface area contributed by atoms with E-state index in [0.29, 0.717) is 47.2 Å². The van der Waals surface area contributed by atoms with Crippen molar-refractivity contribution in [1.82, 2.24) is 9.36 Å². The first-order valence-corrected chi connectivity index (χ1v) is 11.4. The molecule has 150 valence electrons. The van der Waals surface area contributed by atoms with Crippen LogP contribution in [0.3, 0.4) is 0 Å². The van der Waals surface area contributed by atoms with Crippen LogP contribution in [0.4, 0.5) is 15.2 Å². The second kappa shape index (κ2) is 7.53. The standard InChI is InChI=1S/C19H17FN4O3S2/c1-29(26,27)24-10-2-3-13-11-14(6-9-16(13)24)18(25)22-19-21-17(23-28-19)12-4-7-15(20)8-5-12/h4-9,11H,2-3,10H2,1H3,(H,21,22,23,25). The number of hydrogen-bond acceptors (Lipinski definition) is 6. The molecule has 1 aromatic heterocycles. The first kappa shape index (κ1) is 19.5. The largest absolute Gasteiger partial charge is 0.297 e. The Kier molecular flexibility index (Phi) is 5.05. The van der Waals surface area contributed by atoms with Crippen LogP contribution in [0.5, 0.6) is 0 Å². The van der Waals surface area contributed by atoms with E-state index in [-0.39, 0.29) is 11.7 Å². The van der Waals surface area contributed by atoms with Gasteiger partial charge in [0.05, 0.1) is 11.9 Å². The highest BCUT2D eigenvalue weighted by atomic mass is 32.2. The van der Waals surface area contributed by atoms with E-state index in [9.17, 15) is 17.6 Å². The van der Waals surface area contributed by atoms with E-state index >= 15 is 0 Å². The van der Waals surface area contributed by atoms with Gasteiger partial charge in [0.15, 0.2) is 5.82 Å². The number of aryl methyl sites for hydroxylation is 1. The monoisotopic (exact) mass is 432 g/mol. The third-order valence-electron chi connectivity index (χ3n) is 4.57. The van der Waals surface area contributed by atoms with Crippen molar-refractivity contribution in [2.24, 2.45) is 0 Å². The van der Waals surface area contributed by atoms with E-state index in [0.717, 1.165) is 17.1 Å². The lowest BCUT2D eigenvalue weighted by atomic mass is 10.0. The van der Waals surface area contributed by atoms with Crippen LogP contribution in [0.15, 0.2) is 42.5 Å². The van der Waals surface area contributed by atoms with E-state index in [1.54, 1.807) is 30.3 Å². The summed E-state index contributed by atoms with van der Waals surface area (Å²) in [6.07, 6.45) is 2.58. The average molecular weight is 433 g/mol. The zero-order valence-corrected chi connectivity index (χ0v) is 17.1. The fraction of sp³-hybridized carbons (Fsp3) is 0.211. The lowest BCUT2D eigenvalue weighted by molar-refractivity contribution is 0.102. The molecule has 4 rings (SSSR count). The van der Waals surface area contributed by atoms with Crippen LogP contribution in [0, 0.1) is 5.82 Å². The van der Waals surface area contributed by atoms with Crippen molar-refractivity contribution >= 4 is 38.3 Å². The number of rotatable bonds is 4. The maximum atomic E-state index is 13.0. The van der Waals surface area contributed by atoms with Crippen molar-refractivity contribution in [2.45, 2.75) is 12.8 Å². The third kappa shape index (κ3) is 4.13. The van der Waals surface area contributed by atoms with Crippen LogP contribution in [0.2, 0.25) is 0 Å². The van der Waals surface area contributed by atoms with Crippen LogP contribution in [-0.2, 0) is 16.4 Å². The molecule has 3 aromatic rings. The van der Waals surface area contributed by atoms with Gasteiger partial charge in [0.2, 0.25) is 15.2 Å². The van der Waals surface area contributed by atoms with Crippen LogP contribution < -0.4 is 9.62 Å². The van der Waals surface area contributed by atoms with Crippen LogP contribution in [-0.4, -0.2) is 36.5 Å². The van der Waals surface area contributed by atoms with Gasteiger partial charge in [0.1, 0.15) is 5.82 Å². The van der Waals surface area contributed by atoms with Crippen LogP contribution >= 0.6 is 11.5 Å². The topological polar surface area (TPSA) is 92.3 Å². The van der Waals surface area contributed by atoms with E-state index in [1.165, 1.54) is 22.7 Å². The molecule has 1 aliphatic heterocycles. The SMILES string of the molecule is CS(=O)(=O)N1CCCc2cc(C(=O)Nc3nc(-c4ccc(F)cc4)ns3)ccc21. The average Bonchev–Trinajstić information content (AvgIpc) is 3.15. The van der Waals surface area contributed by atoms with Gasteiger partial charge in [-0.15, -0.1) is 0 Å². The third-order valence-corrected chi connectivity index (χ3v) is 6.38. The highest BCUT2D eigenvalue weighted by Gasteiger charge is 2.25. The molecule has 0 aliphatic carbocycles. The quantitative estimate of drug-likeness (QED) is 0.683. The number of carbonyl (C=O) groups is 1. The highest BCUT2D eigenvalue weighted by Crippen LogP contribution is 2.30. The van der Waals surface area contributed by atoms with Crippen molar-refractivity contribution < 1.29 is 17.6 Å².